The zero-order valence-electron chi connectivity index (χ0n) is 14.9. The number of carbonyl (C=O) groups is 2. The zero-order chi connectivity index (χ0) is 19.6. The molecule has 0 aliphatic carbocycles. The highest BCUT2D eigenvalue weighted by Gasteiger charge is 2.25. The summed E-state index contributed by atoms with van der Waals surface area (Å²) in [5.41, 5.74) is 2.62. The second kappa shape index (κ2) is 8.06. The van der Waals surface area contributed by atoms with E-state index < -0.39 is 5.97 Å². The van der Waals surface area contributed by atoms with Crippen molar-refractivity contribution < 1.29 is 14.3 Å². The number of benzene rings is 2. The van der Waals surface area contributed by atoms with E-state index in [0.717, 1.165) is 18.5 Å². The summed E-state index contributed by atoms with van der Waals surface area (Å²) in [5.74, 6) is -0.661. The van der Waals surface area contributed by atoms with Crippen LogP contribution in [0.5, 0.6) is 0 Å². The normalized spacial score (nSPS) is 15.3. The molecule has 0 radical (unpaired) electrons. The van der Waals surface area contributed by atoms with Gasteiger partial charge >= 0.3 is 12.0 Å². The smallest absolute Gasteiger partial charge is 0.340 e. The van der Waals surface area contributed by atoms with Crippen LogP contribution in [-0.2, 0) is 11.2 Å². The second-order valence-corrected chi connectivity index (χ2v) is 6.93. The first kappa shape index (κ1) is 19.3. The lowest BCUT2D eigenvalue weighted by atomic mass is 10.0. The number of methoxy groups -OCH3 is 1. The molecular weight excluding hydrogens is 389 g/mol. The van der Waals surface area contributed by atoms with Gasteiger partial charge in [-0.3, -0.25) is 4.90 Å². The third kappa shape index (κ3) is 3.96. The Morgan fingerprint density at radius 1 is 1.22 bits per heavy atom. The number of amides is 2. The Hall–Kier alpha value is -2.44. The summed E-state index contributed by atoms with van der Waals surface area (Å²) in [6.45, 7) is 0. The number of rotatable bonds is 3. The average Bonchev–Trinajstić information content (AvgIpc) is 2.67. The van der Waals surface area contributed by atoms with Crippen LogP contribution >= 0.6 is 23.2 Å². The summed E-state index contributed by atoms with van der Waals surface area (Å²) in [4.78, 5) is 25.9. The van der Waals surface area contributed by atoms with Crippen LogP contribution in [0.4, 0.5) is 16.2 Å². The summed E-state index contributed by atoms with van der Waals surface area (Å²) in [6, 6.07) is 10.7. The topological polar surface area (TPSA) is 70.7 Å². The Labute approximate surface area is 167 Å². The minimum absolute atomic E-state index is 0.0303. The number of nitrogens with one attached hydrogen (secondary N) is 2. The number of fused-ring (bicyclic) bond motifs is 1. The lowest BCUT2D eigenvalue weighted by Gasteiger charge is -2.30. The van der Waals surface area contributed by atoms with Gasteiger partial charge in [-0.25, -0.2) is 9.59 Å². The van der Waals surface area contributed by atoms with Gasteiger partial charge in [0, 0.05) is 12.7 Å². The van der Waals surface area contributed by atoms with Crippen molar-refractivity contribution in [3.05, 3.63) is 57.6 Å². The zero-order valence-corrected chi connectivity index (χ0v) is 16.4. The molecule has 0 fully saturated rings. The number of para-hydroxylation sites is 1. The molecule has 1 atom stereocenters. The molecule has 2 aromatic rings. The third-order valence-electron chi connectivity index (χ3n) is 4.47. The first-order valence-electron chi connectivity index (χ1n) is 8.37. The van der Waals surface area contributed by atoms with Crippen molar-refractivity contribution in [2.24, 2.45) is 0 Å². The van der Waals surface area contributed by atoms with Crippen molar-refractivity contribution in [3.63, 3.8) is 0 Å². The highest BCUT2D eigenvalue weighted by Crippen LogP contribution is 2.34. The molecule has 0 saturated carbocycles. The molecule has 3 rings (SSSR count). The minimum atomic E-state index is -0.661. The van der Waals surface area contributed by atoms with Gasteiger partial charge in [0.25, 0.3) is 0 Å². The molecule has 1 aliphatic heterocycles. The SMILES string of the molecule is COC(=O)c1c(Cl)ccc(N(C)C(=O)NC2CCc3ccccc3N2)c1Cl. The van der Waals surface area contributed by atoms with Crippen LogP contribution < -0.4 is 15.5 Å². The van der Waals surface area contributed by atoms with E-state index in [9.17, 15) is 9.59 Å². The van der Waals surface area contributed by atoms with Crippen LogP contribution in [0.1, 0.15) is 22.3 Å². The van der Waals surface area contributed by atoms with Gasteiger partial charge in [-0.2, -0.15) is 0 Å². The highest BCUT2D eigenvalue weighted by molar-refractivity contribution is 6.41. The van der Waals surface area contributed by atoms with E-state index in [4.69, 9.17) is 27.9 Å². The molecule has 6 nitrogen and oxygen atoms in total. The number of anilines is 2. The van der Waals surface area contributed by atoms with E-state index in [1.807, 2.05) is 18.2 Å². The molecule has 0 spiro atoms. The van der Waals surface area contributed by atoms with Crippen molar-refractivity contribution in [3.8, 4) is 0 Å². The van der Waals surface area contributed by atoms with Gasteiger partial charge in [-0.05, 0) is 36.6 Å². The van der Waals surface area contributed by atoms with E-state index >= 15 is 0 Å². The summed E-state index contributed by atoms with van der Waals surface area (Å²) in [7, 11) is 2.81. The molecule has 1 heterocycles. The van der Waals surface area contributed by atoms with Gasteiger partial charge in [-0.1, -0.05) is 41.4 Å². The molecule has 0 aromatic heterocycles. The van der Waals surface area contributed by atoms with Crippen LogP contribution in [0.15, 0.2) is 36.4 Å². The number of hydrogen-bond donors (Lipinski definition) is 2. The van der Waals surface area contributed by atoms with Gasteiger partial charge in [0.15, 0.2) is 0 Å². The molecule has 0 bridgehead atoms. The predicted molar refractivity (Wildman–Crippen MR) is 107 cm³/mol. The van der Waals surface area contributed by atoms with Crippen molar-refractivity contribution in [2.45, 2.75) is 19.0 Å². The number of aryl methyl sites for hydroxylation is 1. The van der Waals surface area contributed by atoms with Gasteiger partial charge in [-0.15, -0.1) is 0 Å². The maximum atomic E-state index is 12.7. The number of nitrogens with zero attached hydrogens (tertiary/aromatic N) is 1. The quantitative estimate of drug-likeness (QED) is 0.743. The Bertz CT molecular complexity index is 888. The van der Waals surface area contributed by atoms with E-state index in [1.165, 1.54) is 23.6 Å². The monoisotopic (exact) mass is 407 g/mol. The minimum Gasteiger partial charge on any atom is -0.465 e. The first-order chi connectivity index (χ1) is 12.9. The van der Waals surface area contributed by atoms with Gasteiger partial charge < -0.3 is 15.4 Å². The number of halogens is 2. The highest BCUT2D eigenvalue weighted by atomic mass is 35.5. The van der Waals surface area contributed by atoms with Crippen LogP contribution in [-0.4, -0.2) is 32.3 Å². The molecule has 2 aromatic carbocycles. The summed E-state index contributed by atoms with van der Waals surface area (Å²) >= 11 is 12.4. The molecule has 8 heteroatoms. The largest absolute Gasteiger partial charge is 0.465 e. The maximum Gasteiger partial charge on any atom is 0.340 e. The Morgan fingerprint density at radius 2 is 1.96 bits per heavy atom. The van der Waals surface area contributed by atoms with Crippen LogP contribution in [0.2, 0.25) is 10.0 Å². The molecule has 1 aliphatic rings. The second-order valence-electron chi connectivity index (χ2n) is 6.15. The van der Waals surface area contributed by atoms with Crippen molar-refractivity contribution in [2.75, 3.05) is 24.4 Å². The Balaban J connectivity index is 1.76. The molecule has 142 valence electrons. The molecule has 1 unspecified atom stereocenters. The fourth-order valence-electron chi connectivity index (χ4n) is 2.99. The van der Waals surface area contributed by atoms with Crippen molar-refractivity contribution >= 4 is 46.6 Å². The lowest BCUT2D eigenvalue weighted by Crippen LogP contribution is -2.48. The number of hydrogen-bond acceptors (Lipinski definition) is 4. The van der Waals surface area contributed by atoms with E-state index in [-0.39, 0.29) is 27.8 Å². The van der Waals surface area contributed by atoms with Gasteiger partial charge in [0.1, 0.15) is 6.17 Å². The Kier molecular flexibility index (Phi) is 5.77. The molecule has 27 heavy (non-hydrogen) atoms. The number of carbonyl (C=O) groups excluding carboxylic acids is 2. The number of esters is 1. The lowest BCUT2D eigenvalue weighted by molar-refractivity contribution is 0.0601. The first-order valence-corrected chi connectivity index (χ1v) is 9.13. The summed E-state index contributed by atoms with van der Waals surface area (Å²) < 4.78 is 4.71. The fourth-order valence-corrected chi connectivity index (χ4v) is 3.64. The molecule has 2 N–H and O–H groups in total. The van der Waals surface area contributed by atoms with E-state index in [1.54, 1.807) is 13.1 Å². The van der Waals surface area contributed by atoms with Gasteiger partial charge in [0.05, 0.1) is 28.4 Å². The van der Waals surface area contributed by atoms with Gasteiger partial charge in [0.2, 0.25) is 0 Å². The standard InChI is InChI=1S/C19H19Cl2N3O3/c1-24(14-9-8-12(20)16(17(14)21)18(25)27-2)19(26)23-15-10-7-11-5-3-4-6-13(11)22-15/h3-6,8-9,15,22H,7,10H2,1-2H3,(H,23,26). The van der Waals surface area contributed by atoms with Crippen LogP contribution in [0.3, 0.4) is 0 Å². The van der Waals surface area contributed by atoms with Crippen LogP contribution in [0.25, 0.3) is 0 Å². The van der Waals surface area contributed by atoms with E-state index in [0.29, 0.717) is 5.69 Å². The predicted octanol–water partition coefficient (Wildman–Crippen LogP) is 4.31. The van der Waals surface area contributed by atoms with Crippen LogP contribution in [0, 0.1) is 0 Å². The molecule has 2 amide bonds. The third-order valence-corrected chi connectivity index (χ3v) is 5.17. The Morgan fingerprint density at radius 3 is 2.70 bits per heavy atom. The molecular formula is C19H19Cl2N3O3. The fraction of sp³-hybridized carbons (Fsp3) is 0.263. The number of ether oxygens (including phenoxy) is 1. The average molecular weight is 408 g/mol. The van der Waals surface area contributed by atoms with E-state index in [2.05, 4.69) is 16.7 Å². The maximum absolute atomic E-state index is 12.7. The summed E-state index contributed by atoms with van der Waals surface area (Å²) in [6.07, 6.45) is 1.42. The molecule has 0 saturated heterocycles. The number of urea groups is 1. The summed E-state index contributed by atoms with van der Waals surface area (Å²) in [5, 5.41) is 6.47. The van der Waals surface area contributed by atoms with Crippen molar-refractivity contribution in [1.29, 1.82) is 0 Å². The van der Waals surface area contributed by atoms with Crippen molar-refractivity contribution in [1.82, 2.24) is 5.32 Å².